The predicted molar refractivity (Wildman–Crippen MR) is 78.1 cm³/mol. The van der Waals surface area contributed by atoms with Crippen LogP contribution < -0.4 is 0 Å². The maximum Gasteiger partial charge on any atom is 0.410 e. The zero-order valence-corrected chi connectivity index (χ0v) is 13.2. The Hall–Kier alpha value is -1.30. The lowest BCUT2D eigenvalue weighted by molar-refractivity contribution is -0.143. The van der Waals surface area contributed by atoms with E-state index in [0.29, 0.717) is 25.6 Å². The van der Waals surface area contributed by atoms with Crippen LogP contribution in [0.2, 0.25) is 0 Å². The SMILES string of the molecule is CC(C)(C)OC(=O)N1CC(CN2CCCC(C(=O)O)C2)C1. The summed E-state index contributed by atoms with van der Waals surface area (Å²) in [6.45, 7) is 9.49. The lowest BCUT2D eigenvalue weighted by atomic mass is 9.95. The number of carbonyl (C=O) groups excluding carboxylic acids is 1. The van der Waals surface area contributed by atoms with E-state index in [-0.39, 0.29) is 12.0 Å². The van der Waals surface area contributed by atoms with Crippen molar-refractivity contribution >= 4 is 12.1 Å². The summed E-state index contributed by atoms with van der Waals surface area (Å²) in [6.07, 6.45) is 1.47. The Balaban J connectivity index is 1.70. The highest BCUT2D eigenvalue weighted by Gasteiger charge is 2.35. The highest BCUT2D eigenvalue weighted by molar-refractivity contribution is 5.70. The van der Waals surface area contributed by atoms with Gasteiger partial charge in [-0.25, -0.2) is 4.79 Å². The van der Waals surface area contributed by atoms with Gasteiger partial charge in [-0.15, -0.1) is 0 Å². The maximum atomic E-state index is 11.8. The summed E-state index contributed by atoms with van der Waals surface area (Å²) in [6, 6.07) is 0. The quantitative estimate of drug-likeness (QED) is 0.858. The molecule has 1 atom stereocenters. The van der Waals surface area contributed by atoms with Gasteiger partial charge in [-0.05, 0) is 40.2 Å². The summed E-state index contributed by atoms with van der Waals surface area (Å²) in [4.78, 5) is 26.8. The van der Waals surface area contributed by atoms with Gasteiger partial charge in [-0.3, -0.25) is 4.79 Å². The smallest absolute Gasteiger partial charge is 0.410 e. The second kappa shape index (κ2) is 6.22. The largest absolute Gasteiger partial charge is 0.481 e. The average molecular weight is 298 g/mol. The lowest BCUT2D eigenvalue weighted by Crippen LogP contribution is -2.55. The van der Waals surface area contributed by atoms with Crippen molar-refractivity contribution in [3.8, 4) is 0 Å². The van der Waals surface area contributed by atoms with Gasteiger partial charge in [0.05, 0.1) is 5.92 Å². The molecule has 0 aliphatic carbocycles. The predicted octanol–water partition coefficient (Wildman–Crippen LogP) is 1.65. The van der Waals surface area contributed by atoms with Crippen molar-refractivity contribution in [1.82, 2.24) is 9.80 Å². The number of hydrogen-bond donors (Lipinski definition) is 1. The Morgan fingerprint density at radius 3 is 2.48 bits per heavy atom. The van der Waals surface area contributed by atoms with Gasteiger partial charge in [0.25, 0.3) is 0 Å². The van der Waals surface area contributed by atoms with E-state index in [9.17, 15) is 9.59 Å². The van der Waals surface area contributed by atoms with Crippen molar-refractivity contribution in [1.29, 1.82) is 0 Å². The Labute approximate surface area is 126 Å². The molecular formula is C15H26N2O4. The number of piperidine rings is 1. The minimum atomic E-state index is -0.691. The van der Waals surface area contributed by atoms with Crippen LogP contribution in [0.1, 0.15) is 33.6 Å². The Kier molecular flexibility index (Phi) is 4.76. The van der Waals surface area contributed by atoms with Gasteiger partial charge in [-0.1, -0.05) is 0 Å². The zero-order valence-electron chi connectivity index (χ0n) is 13.2. The van der Waals surface area contributed by atoms with Crippen LogP contribution in [0.25, 0.3) is 0 Å². The van der Waals surface area contributed by atoms with Crippen LogP contribution in [-0.4, -0.2) is 65.3 Å². The molecule has 1 amide bonds. The van der Waals surface area contributed by atoms with E-state index in [4.69, 9.17) is 9.84 Å². The van der Waals surface area contributed by atoms with Crippen LogP contribution in [0.4, 0.5) is 4.79 Å². The molecule has 6 nitrogen and oxygen atoms in total. The van der Waals surface area contributed by atoms with Crippen molar-refractivity contribution < 1.29 is 19.4 Å². The molecule has 0 saturated carbocycles. The normalized spacial score (nSPS) is 24.5. The van der Waals surface area contributed by atoms with Gasteiger partial charge in [0.1, 0.15) is 5.60 Å². The van der Waals surface area contributed by atoms with Gasteiger partial charge in [0.2, 0.25) is 0 Å². The van der Waals surface area contributed by atoms with E-state index < -0.39 is 11.6 Å². The molecule has 2 fully saturated rings. The fraction of sp³-hybridized carbons (Fsp3) is 0.867. The molecule has 0 aromatic rings. The Morgan fingerprint density at radius 1 is 1.24 bits per heavy atom. The summed E-state index contributed by atoms with van der Waals surface area (Å²) in [5.41, 5.74) is -0.455. The van der Waals surface area contributed by atoms with E-state index in [0.717, 1.165) is 25.9 Å². The molecular weight excluding hydrogens is 272 g/mol. The summed E-state index contributed by atoms with van der Waals surface area (Å²) in [5, 5.41) is 9.09. The molecule has 1 unspecified atom stereocenters. The fourth-order valence-corrected chi connectivity index (χ4v) is 2.95. The van der Waals surface area contributed by atoms with Crippen LogP contribution in [0.15, 0.2) is 0 Å². The van der Waals surface area contributed by atoms with E-state index in [1.165, 1.54) is 0 Å². The molecule has 120 valence electrons. The van der Waals surface area contributed by atoms with Crippen LogP contribution in [0, 0.1) is 11.8 Å². The van der Waals surface area contributed by atoms with E-state index in [2.05, 4.69) is 4.90 Å². The van der Waals surface area contributed by atoms with Gasteiger partial charge >= 0.3 is 12.1 Å². The topological polar surface area (TPSA) is 70.1 Å². The number of aliphatic carboxylic acids is 1. The third kappa shape index (κ3) is 4.59. The monoisotopic (exact) mass is 298 g/mol. The molecule has 2 heterocycles. The fourth-order valence-electron chi connectivity index (χ4n) is 2.95. The van der Waals surface area contributed by atoms with E-state index in [1.54, 1.807) is 4.90 Å². The molecule has 0 bridgehead atoms. The molecule has 0 radical (unpaired) electrons. The lowest BCUT2D eigenvalue weighted by Gasteiger charge is -2.43. The highest BCUT2D eigenvalue weighted by atomic mass is 16.6. The first kappa shape index (κ1) is 16.1. The number of amides is 1. The molecule has 1 N–H and O–H groups in total. The standard InChI is InChI=1S/C15H26N2O4/c1-15(2,3)21-14(20)17-8-11(9-17)7-16-6-4-5-12(10-16)13(18)19/h11-12H,4-10H2,1-3H3,(H,18,19). The number of carbonyl (C=O) groups is 2. The molecule has 2 aliphatic heterocycles. The maximum absolute atomic E-state index is 11.8. The molecule has 0 spiro atoms. The van der Waals surface area contributed by atoms with Crippen LogP contribution in [0.3, 0.4) is 0 Å². The number of nitrogens with zero attached hydrogens (tertiary/aromatic N) is 2. The van der Waals surface area contributed by atoms with E-state index >= 15 is 0 Å². The molecule has 0 aromatic carbocycles. The van der Waals surface area contributed by atoms with Crippen molar-refractivity contribution in [3.63, 3.8) is 0 Å². The zero-order chi connectivity index (χ0) is 15.6. The Bertz CT molecular complexity index is 399. The summed E-state index contributed by atoms with van der Waals surface area (Å²) in [7, 11) is 0. The number of hydrogen-bond acceptors (Lipinski definition) is 4. The van der Waals surface area contributed by atoms with Crippen molar-refractivity contribution in [2.24, 2.45) is 11.8 Å². The van der Waals surface area contributed by atoms with Crippen LogP contribution in [-0.2, 0) is 9.53 Å². The highest BCUT2D eigenvalue weighted by Crippen LogP contribution is 2.23. The molecule has 2 saturated heterocycles. The first-order valence-corrected chi connectivity index (χ1v) is 7.67. The number of carboxylic acids is 1. The second-order valence-corrected chi connectivity index (χ2v) is 7.19. The molecule has 21 heavy (non-hydrogen) atoms. The van der Waals surface area contributed by atoms with Crippen LogP contribution >= 0.6 is 0 Å². The van der Waals surface area contributed by atoms with Crippen LogP contribution in [0.5, 0.6) is 0 Å². The summed E-state index contributed by atoms with van der Waals surface area (Å²) >= 11 is 0. The molecule has 2 rings (SSSR count). The minimum Gasteiger partial charge on any atom is -0.481 e. The third-order valence-corrected chi connectivity index (χ3v) is 3.98. The Morgan fingerprint density at radius 2 is 1.90 bits per heavy atom. The first-order chi connectivity index (χ1) is 9.74. The van der Waals surface area contributed by atoms with Gasteiger partial charge in [0.15, 0.2) is 0 Å². The van der Waals surface area contributed by atoms with Gasteiger partial charge in [0, 0.05) is 32.1 Å². The molecule has 6 heteroatoms. The number of carboxylic acid groups (broad SMARTS) is 1. The summed E-state index contributed by atoms with van der Waals surface area (Å²) < 4.78 is 5.32. The number of likely N-dealkylation sites (tertiary alicyclic amines) is 2. The first-order valence-electron chi connectivity index (χ1n) is 7.67. The van der Waals surface area contributed by atoms with E-state index in [1.807, 2.05) is 20.8 Å². The van der Waals surface area contributed by atoms with Crippen molar-refractivity contribution in [3.05, 3.63) is 0 Å². The third-order valence-electron chi connectivity index (χ3n) is 3.98. The van der Waals surface area contributed by atoms with Gasteiger partial charge < -0.3 is 19.6 Å². The number of rotatable bonds is 3. The summed E-state index contributed by atoms with van der Waals surface area (Å²) in [5.74, 6) is -0.491. The number of ether oxygens (including phenoxy) is 1. The van der Waals surface area contributed by atoms with Crippen molar-refractivity contribution in [2.45, 2.75) is 39.2 Å². The van der Waals surface area contributed by atoms with Crippen molar-refractivity contribution in [2.75, 3.05) is 32.7 Å². The van der Waals surface area contributed by atoms with Gasteiger partial charge in [-0.2, -0.15) is 0 Å². The molecule has 0 aromatic heterocycles. The average Bonchev–Trinajstić information content (AvgIpc) is 2.31. The second-order valence-electron chi connectivity index (χ2n) is 7.19. The minimum absolute atomic E-state index is 0.235. The molecule has 2 aliphatic rings.